The van der Waals surface area contributed by atoms with Crippen LogP contribution in [0, 0.1) is 10.1 Å². The first kappa shape index (κ1) is 22.3. The Hall–Kier alpha value is -2.92. The Labute approximate surface area is 189 Å². The first-order valence-corrected chi connectivity index (χ1v) is 12.7. The number of nitro benzene ring substituents is 1. The van der Waals surface area contributed by atoms with E-state index in [1.165, 1.54) is 24.6 Å². The number of nitrogens with zero attached hydrogens (tertiary/aromatic N) is 2. The number of hydrogen-bond donors (Lipinski definition) is 2. The van der Waals surface area contributed by atoms with Crippen LogP contribution < -0.4 is 9.29 Å². The molecule has 3 aromatic rings. The molecule has 0 radical (unpaired) electrons. The van der Waals surface area contributed by atoms with Crippen molar-refractivity contribution in [2.45, 2.75) is 48.2 Å². The van der Waals surface area contributed by atoms with Crippen LogP contribution in [0.15, 0.2) is 58.6 Å². The molecule has 11 heteroatoms. The molecule has 0 spiro atoms. The van der Waals surface area contributed by atoms with Crippen LogP contribution in [0.1, 0.15) is 32.1 Å². The fraction of sp³-hybridized carbons (Fsp3) is 0.333. The van der Waals surface area contributed by atoms with Crippen LogP contribution >= 0.6 is 11.8 Å². The van der Waals surface area contributed by atoms with E-state index in [-0.39, 0.29) is 33.4 Å². The van der Waals surface area contributed by atoms with E-state index in [0.717, 1.165) is 47.5 Å². The van der Waals surface area contributed by atoms with E-state index in [1.807, 2.05) is 0 Å². The third-order valence-electron chi connectivity index (χ3n) is 5.43. The number of carbonyl (C=O) groups is 1. The van der Waals surface area contributed by atoms with Gasteiger partial charge in [0.2, 0.25) is 5.91 Å². The first-order valence-electron chi connectivity index (χ1n) is 10.3. The summed E-state index contributed by atoms with van der Waals surface area (Å²) in [4.78, 5) is 25.8. The molecule has 168 valence electrons. The molecular weight excluding hydrogens is 452 g/mol. The fourth-order valence-electron chi connectivity index (χ4n) is 3.88. The monoisotopic (exact) mass is 475 g/mol. The number of imidazole rings is 1. The quantitative estimate of drug-likeness (QED) is 0.234. The largest absolute Gasteiger partial charge is 0.353 e. The van der Waals surface area contributed by atoms with Crippen molar-refractivity contribution in [2.75, 3.05) is 5.75 Å². The lowest BCUT2D eigenvalue weighted by Crippen LogP contribution is -2.44. The summed E-state index contributed by atoms with van der Waals surface area (Å²) >= 11 is 1.08. The predicted octanol–water partition coefficient (Wildman–Crippen LogP) is 3.14. The van der Waals surface area contributed by atoms with Gasteiger partial charge in [0.25, 0.3) is 5.69 Å². The second kappa shape index (κ2) is 9.29. The van der Waals surface area contributed by atoms with Gasteiger partial charge in [-0.3, -0.25) is 14.9 Å². The number of carbonyl (C=O) groups excluding carboxylic acids is 1. The molecule has 1 aliphatic rings. The van der Waals surface area contributed by atoms with Gasteiger partial charge in [0.15, 0.2) is 11.0 Å². The predicted molar refractivity (Wildman–Crippen MR) is 120 cm³/mol. The molecule has 1 heterocycles. The van der Waals surface area contributed by atoms with Crippen molar-refractivity contribution in [3.8, 4) is 0 Å². The molecule has 0 atom stereocenters. The van der Waals surface area contributed by atoms with Gasteiger partial charge in [0, 0.05) is 18.2 Å². The van der Waals surface area contributed by atoms with Crippen LogP contribution in [0.25, 0.3) is 11.0 Å². The minimum Gasteiger partial charge on any atom is -0.353 e. The maximum absolute atomic E-state index is 13.5. The Bertz CT molecular complexity index is 1270. The second-order valence-electron chi connectivity index (χ2n) is 7.66. The van der Waals surface area contributed by atoms with Crippen LogP contribution in [0.4, 0.5) is 5.69 Å². The standard InChI is InChI=1S/C21H22N4O5S2/c26-20(22-15-7-2-1-3-8-15)14-31-21-23-18-11-4-5-12-19(18)24(21)32(29,30)17-10-6-9-16(13-17)25(27)28/h4-6,9-13,15H,1-3,7-8,14H2,(H,22,26)/p+1. The normalized spacial score (nSPS) is 15.0. The number of benzene rings is 2. The number of amides is 1. The van der Waals surface area contributed by atoms with E-state index >= 15 is 0 Å². The van der Waals surface area contributed by atoms with Gasteiger partial charge in [-0.25, -0.2) is 4.98 Å². The van der Waals surface area contributed by atoms with Crippen LogP contribution in [0.3, 0.4) is 0 Å². The van der Waals surface area contributed by atoms with Gasteiger partial charge in [0.05, 0.1) is 10.7 Å². The molecule has 1 saturated carbocycles. The highest BCUT2D eigenvalue weighted by molar-refractivity contribution is 8.00. The van der Waals surface area contributed by atoms with Gasteiger partial charge in [-0.15, -0.1) is 3.97 Å². The number of nitro groups is 1. The lowest BCUT2D eigenvalue weighted by atomic mass is 9.95. The van der Waals surface area contributed by atoms with Crippen LogP contribution in [0.2, 0.25) is 0 Å². The number of aromatic amines is 1. The minimum absolute atomic E-state index is 0.0494. The summed E-state index contributed by atoms with van der Waals surface area (Å²) in [6, 6.07) is 12.0. The van der Waals surface area contributed by atoms with Gasteiger partial charge >= 0.3 is 15.2 Å². The molecule has 0 aliphatic heterocycles. The molecule has 4 rings (SSSR count). The highest BCUT2D eigenvalue weighted by atomic mass is 32.2. The topological polar surface area (TPSA) is 126 Å². The molecule has 9 nitrogen and oxygen atoms in total. The summed E-state index contributed by atoms with van der Waals surface area (Å²) in [6.45, 7) is 0. The highest BCUT2D eigenvalue weighted by Gasteiger charge is 2.33. The summed E-state index contributed by atoms with van der Waals surface area (Å²) in [7, 11) is -4.16. The molecule has 2 aromatic carbocycles. The number of nitrogens with one attached hydrogen (secondary N) is 2. The summed E-state index contributed by atoms with van der Waals surface area (Å²) in [6.07, 6.45) is 5.31. The molecule has 2 N–H and O–H groups in total. The van der Waals surface area contributed by atoms with E-state index < -0.39 is 14.9 Å². The van der Waals surface area contributed by atoms with Gasteiger partial charge in [-0.05, 0) is 42.8 Å². The zero-order valence-electron chi connectivity index (χ0n) is 17.2. The number of para-hydroxylation sites is 2. The van der Waals surface area contributed by atoms with Gasteiger partial charge < -0.3 is 5.32 Å². The highest BCUT2D eigenvalue weighted by Crippen LogP contribution is 2.24. The Morgan fingerprint density at radius 2 is 1.91 bits per heavy atom. The summed E-state index contributed by atoms with van der Waals surface area (Å²) in [5, 5.41) is 14.4. The van der Waals surface area contributed by atoms with Crippen molar-refractivity contribution in [1.29, 1.82) is 0 Å². The average molecular weight is 476 g/mol. The maximum Gasteiger partial charge on any atom is 0.336 e. The molecule has 1 fully saturated rings. The van der Waals surface area contributed by atoms with Crippen LogP contribution in [-0.2, 0) is 14.8 Å². The van der Waals surface area contributed by atoms with Crippen molar-refractivity contribution in [2.24, 2.45) is 0 Å². The number of H-pyrrole nitrogens is 1. The van der Waals surface area contributed by atoms with Gasteiger partial charge in [-0.2, -0.15) is 8.42 Å². The van der Waals surface area contributed by atoms with E-state index in [9.17, 15) is 23.3 Å². The zero-order valence-corrected chi connectivity index (χ0v) is 18.8. The number of fused-ring (bicyclic) bond motifs is 1. The lowest BCUT2D eigenvalue weighted by molar-refractivity contribution is -0.526. The van der Waals surface area contributed by atoms with Gasteiger partial charge in [0.1, 0.15) is 4.90 Å². The van der Waals surface area contributed by atoms with E-state index in [4.69, 9.17) is 0 Å². The average Bonchev–Trinajstić information content (AvgIpc) is 3.18. The Morgan fingerprint density at radius 3 is 2.66 bits per heavy atom. The van der Waals surface area contributed by atoms with E-state index in [0.29, 0.717) is 11.0 Å². The molecule has 0 saturated heterocycles. The molecule has 0 bridgehead atoms. The smallest absolute Gasteiger partial charge is 0.336 e. The molecule has 0 unspecified atom stereocenters. The molecule has 32 heavy (non-hydrogen) atoms. The number of rotatable bonds is 7. The first-order chi connectivity index (χ1) is 15.4. The lowest BCUT2D eigenvalue weighted by Gasteiger charge is -2.22. The third-order valence-corrected chi connectivity index (χ3v) is 8.22. The van der Waals surface area contributed by atoms with Crippen molar-refractivity contribution in [3.05, 3.63) is 58.6 Å². The number of hydrogen-bond acceptors (Lipinski definition) is 6. The number of aromatic nitrogens is 2. The Kier molecular flexibility index (Phi) is 6.47. The second-order valence-corrected chi connectivity index (χ2v) is 10.4. The van der Waals surface area contributed by atoms with Crippen LogP contribution in [-0.4, -0.2) is 36.0 Å². The molecular formula is C21H23N4O5S2+. The Balaban J connectivity index is 1.65. The molecule has 1 aliphatic carbocycles. The van der Waals surface area contributed by atoms with Crippen molar-refractivity contribution in [3.63, 3.8) is 0 Å². The third kappa shape index (κ3) is 4.63. The summed E-state index contributed by atoms with van der Waals surface area (Å²) in [5.41, 5.74) is 0.665. The van der Waals surface area contributed by atoms with E-state index in [1.54, 1.807) is 24.3 Å². The number of thioether (sulfide) groups is 1. The Morgan fingerprint density at radius 1 is 1.16 bits per heavy atom. The summed E-state index contributed by atoms with van der Waals surface area (Å²) < 4.78 is 28.1. The van der Waals surface area contributed by atoms with Crippen molar-refractivity contribution in [1.82, 2.24) is 10.3 Å². The fourth-order valence-corrected chi connectivity index (χ4v) is 6.49. The van der Waals surface area contributed by atoms with Gasteiger partial charge in [-0.1, -0.05) is 37.5 Å². The van der Waals surface area contributed by atoms with Crippen molar-refractivity contribution >= 4 is 44.4 Å². The molecule has 1 amide bonds. The van der Waals surface area contributed by atoms with Crippen molar-refractivity contribution < 1.29 is 22.1 Å². The SMILES string of the molecule is O=C(CSc1[nH]c2ccccc2[n+]1S(=O)(=O)c1cccc([N+](=O)[O-])c1)NC1CCCCC1. The summed E-state index contributed by atoms with van der Waals surface area (Å²) in [5.74, 6) is -0.104. The van der Waals surface area contributed by atoms with Crippen LogP contribution in [0.5, 0.6) is 0 Å². The molecule has 1 aromatic heterocycles. The van der Waals surface area contributed by atoms with E-state index in [2.05, 4.69) is 10.3 Å². The maximum atomic E-state index is 13.5. The minimum atomic E-state index is -4.16. The zero-order chi connectivity index (χ0) is 22.7. The number of non-ortho nitro benzene ring substituents is 1.